The number of terminal acetylenes is 1. The zero-order valence-electron chi connectivity index (χ0n) is 26.1. The zero-order valence-corrected chi connectivity index (χ0v) is 26.9. The third-order valence-electron chi connectivity index (χ3n) is 8.47. The summed E-state index contributed by atoms with van der Waals surface area (Å²) >= 11 is 1.38. The van der Waals surface area contributed by atoms with E-state index in [-0.39, 0.29) is 50.4 Å². The van der Waals surface area contributed by atoms with Crippen LogP contribution in [0.3, 0.4) is 0 Å². The molecule has 1 aromatic heterocycles. The Hall–Kier alpha value is -5.19. The molecule has 6 rings (SSSR count). The first kappa shape index (κ1) is 31.8. The molecule has 0 saturated carbocycles. The fraction of sp³-hybridized carbons (Fsp3) is 0.294. The summed E-state index contributed by atoms with van der Waals surface area (Å²) in [6, 6.07) is 18.1. The molecule has 47 heavy (non-hydrogen) atoms. The number of carbonyl (C=O) groups is 3. The maximum Gasteiger partial charge on any atom is 0.333 e. The summed E-state index contributed by atoms with van der Waals surface area (Å²) in [5.74, 6) is 1.68. The van der Waals surface area contributed by atoms with Gasteiger partial charge in [-0.2, -0.15) is 5.01 Å². The summed E-state index contributed by atoms with van der Waals surface area (Å²) in [6.45, 7) is 0.282. The van der Waals surface area contributed by atoms with E-state index < -0.39 is 18.2 Å². The van der Waals surface area contributed by atoms with Crippen molar-refractivity contribution < 1.29 is 18.8 Å². The number of nitrogen functional groups attached to an aromatic ring is 1. The first-order chi connectivity index (χ1) is 22.6. The molecule has 3 heterocycles. The molecule has 0 radical (unpaired) electrons. The molecule has 242 valence electrons. The first-order valence-electron chi connectivity index (χ1n) is 15.1. The minimum Gasteiger partial charge on any atom is -0.378 e. The second kappa shape index (κ2) is 13.3. The number of urea groups is 1. The molecule has 2 fully saturated rings. The molecule has 2 saturated heterocycles. The summed E-state index contributed by atoms with van der Waals surface area (Å²) in [6.07, 6.45) is 5.34. The molecule has 11 nitrogen and oxygen atoms in total. The van der Waals surface area contributed by atoms with E-state index in [9.17, 15) is 18.8 Å². The number of fused-ring (bicyclic) bond motifs is 2. The number of hydrogen-bond donors (Lipinski definition) is 2. The molecule has 2 aliphatic heterocycles. The number of nitrogens with one attached hydrogen (secondary N) is 1. The number of hydrazine groups is 1. The number of amides is 4. The van der Waals surface area contributed by atoms with Crippen molar-refractivity contribution in [3.63, 3.8) is 0 Å². The van der Waals surface area contributed by atoms with Crippen LogP contribution < -0.4 is 16.0 Å². The van der Waals surface area contributed by atoms with Gasteiger partial charge < -0.3 is 25.8 Å². The van der Waals surface area contributed by atoms with Crippen LogP contribution in [-0.4, -0.2) is 88.6 Å². The molecular formula is C34H35FN8O3S. The van der Waals surface area contributed by atoms with Crippen LogP contribution in [0.15, 0.2) is 66.7 Å². The molecular weight excluding hydrogens is 619 g/mol. The molecule has 4 amide bonds. The van der Waals surface area contributed by atoms with Crippen molar-refractivity contribution in [3.05, 3.63) is 89.2 Å². The fourth-order valence-electron chi connectivity index (χ4n) is 6.14. The summed E-state index contributed by atoms with van der Waals surface area (Å²) < 4.78 is 14.3. The van der Waals surface area contributed by atoms with Crippen LogP contribution in [0.4, 0.5) is 20.0 Å². The number of thiazole rings is 1. The van der Waals surface area contributed by atoms with Gasteiger partial charge >= 0.3 is 6.03 Å². The Labute approximate surface area is 276 Å². The molecule has 0 bridgehead atoms. The van der Waals surface area contributed by atoms with E-state index in [2.05, 4.69) is 16.2 Å². The number of hydrogen-bond acceptors (Lipinski definition) is 8. The average Bonchev–Trinajstić information content (AvgIpc) is 3.60. The van der Waals surface area contributed by atoms with Gasteiger partial charge in [0.25, 0.3) is 0 Å². The van der Waals surface area contributed by atoms with Gasteiger partial charge in [0.1, 0.15) is 18.0 Å². The van der Waals surface area contributed by atoms with Crippen molar-refractivity contribution in [2.75, 3.05) is 44.4 Å². The van der Waals surface area contributed by atoms with E-state index >= 15 is 0 Å². The van der Waals surface area contributed by atoms with Crippen LogP contribution in [0.2, 0.25) is 0 Å². The van der Waals surface area contributed by atoms with Crippen LogP contribution in [0.5, 0.6) is 0 Å². The highest BCUT2D eigenvalue weighted by molar-refractivity contribution is 7.22. The fourth-order valence-corrected chi connectivity index (χ4v) is 6.92. The van der Waals surface area contributed by atoms with Gasteiger partial charge in [0.2, 0.25) is 11.8 Å². The van der Waals surface area contributed by atoms with Gasteiger partial charge in [-0.05, 0) is 47.0 Å². The molecule has 13 heteroatoms. The molecule has 2 atom stereocenters. The minimum absolute atomic E-state index is 0.102. The van der Waals surface area contributed by atoms with Crippen LogP contribution in [0.1, 0.15) is 16.7 Å². The number of aromatic nitrogens is 1. The number of benzene rings is 3. The van der Waals surface area contributed by atoms with Crippen molar-refractivity contribution >= 4 is 50.2 Å². The third kappa shape index (κ3) is 6.56. The minimum atomic E-state index is -0.814. The summed E-state index contributed by atoms with van der Waals surface area (Å²) in [4.78, 5) is 51.4. The Bertz CT molecular complexity index is 1840. The number of para-hydroxylation sites is 1. The zero-order chi connectivity index (χ0) is 33.2. The molecule has 3 aromatic carbocycles. The smallest absolute Gasteiger partial charge is 0.333 e. The second-order valence-electron chi connectivity index (χ2n) is 11.7. The highest BCUT2D eigenvalue weighted by Gasteiger charge is 2.52. The first-order valence-corrected chi connectivity index (χ1v) is 15.9. The van der Waals surface area contributed by atoms with Gasteiger partial charge in [-0.25, -0.2) is 19.2 Å². The number of halogens is 1. The second-order valence-corrected chi connectivity index (χ2v) is 12.8. The van der Waals surface area contributed by atoms with E-state index in [1.807, 2.05) is 61.5 Å². The average molecular weight is 655 g/mol. The highest BCUT2D eigenvalue weighted by Crippen LogP contribution is 2.32. The summed E-state index contributed by atoms with van der Waals surface area (Å²) in [5, 5.41) is 6.25. The number of nitrogens with two attached hydrogens (primary N) is 1. The summed E-state index contributed by atoms with van der Waals surface area (Å²) in [5.41, 5.74) is 10.2. The number of anilines is 2. The van der Waals surface area contributed by atoms with E-state index in [0.717, 1.165) is 27.0 Å². The normalized spacial score (nSPS) is 17.9. The van der Waals surface area contributed by atoms with Crippen molar-refractivity contribution in [1.29, 1.82) is 0 Å². The lowest BCUT2D eigenvalue weighted by molar-refractivity contribution is -0.157. The van der Waals surface area contributed by atoms with Crippen molar-refractivity contribution in [2.24, 2.45) is 0 Å². The number of piperazine rings is 1. The third-order valence-corrected chi connectivity index (χ3v) is 9.32. The summed E-state index contributed by atoms with van der Waals surface area (Å²) in [7, 11) is 3.90. The molecule has 4 aromatic rings. The Morgan fingerprint density at radius 3 is 2.53 bits per heavy atom. The van der Waals surface area contributed by atoms with Crippen molar-refractivity contribution in [2.45, 2.75) is 31.7 Å². The Kier molecular flexibility index (Phi) is 8.97. The SMILES string of the molecule is C#CCN(C(=O)NCc1ccc(F)cc1)N1CC(=O)N2[C@@H](Cc3ccc(N(C)C)cc3)C(=O)N(Cc3cccc4sc(N)nc34)C[C@@H]21. The van der Waals surface area contributed by atoms with E-state index in [1.54, 1.807) is 26.9 Å². The van der Waals surface area contributed by atoms with Crippen molar-refractivity contribution in [1.82, 2.24) is 30.1 Å². The maximum atomic E-state index is 14.3. The lowest BCUT2D eigenvalue weighted by atomic mass is 9.99. The van der Waals surface area contributed by atoms with Crippen LogP contribution >= 0.6 is 11.3 Å². The molecule has 0 spiro atoms. The Morgan fingerprint density at radius 1 is 1.11 bits per heavy atom. The van der Waals surface area contributed by atoms with E-state index in [1.165, 1.54) is 28.5 Å². The molecule has 0 unspecified atom stereocenters. The quantitative estimate of drug-likeness (QED) is 0.266. The predicted molar refractivity (Wildman–Crippen MR) is 179 cm³/mol. The number of rotatable bonds is 9. The lowest BCUT2D eigenvalue weighted by Gasteiger charge is -2.46. The predicted octanol–water partition coefficient (Wildman–Crippen LogP) is 3.27. The highest BCUT2D eigenvalue weighted by atomic mass is 32.1. The molecule has 3 N–H and O–H groups in total. The number of carbonyl (C=O) groups excluding carboxylic acids is 3. The standard InChI is InChI=1S/C34H35FN8O3S/c1-4-16-41(34(46)37-18-23-8-12-25(35)13-9-23)42-21-30(44)43-27(17-22-10-14-26(15-11-22)39(2)3)32(45)40(20-29(42)43)19-24-6-5-7-28-31(24)38-33(36)47-28/h1,5-15,27,29H,16-21H2,2-3H3,(H2,36,38)(H,37,46)/t27-,29+/m0/s1. The Balaban J connectivity index is 1.31. The van der Waals surface area contributed by atoms with Crippen LogP contribution in [-0.2, 0) is 29.1 Å². The largest absolute Gasteiger partial charge is 0.378 e. The van der Waals surface area contributed by atoms with E-state index in [4.69, 9.17) is 12.2 Å². The van der Waals surface area contributed by atoms with Gasteiger partial charge in [0.05, 0.1) is 29.9 Å². The Morgan fingerprint density at radius 2 is 1.83 bits per heavy atom. The lowest BCUT2D eigenvalue weighted by Crippen LogP contribution is -2.66. The van der Waals surface area contributed by atoms with Crippen LogP contribution in [0, 0.1) is 18.2 Å². The topological polar surface area (TPSA) is 118 Å². The van der Waals surface area contributed by atoms with Crippen LogP contribution in [0.25, 0.3) is 10.2 Å². The monoisotopic (exact) mass is 654 g/mol. The van der Waals surface area contributed by atoms with Gasteiger partial charge in [-0.3, -0.25) is 9.59 Å². The number of nitrogens with zero attached hydrogens (tertiary/aromatic N) is 6. The molecule has 0 aliphatic carbocycles. The van der Waals surface area contributed by atoms with E-state index in [0.29, 0.717) is 17.1 Å². The van der Waals surface area contributed by atoms with Gasteiger partial charge in [-0.15, -0.1) is 6.42 Å². The van der Waals surface area contributed by atoms with Crippen molar-refractivity contribution in [3.8, 4) is 12.3 Å². The van der Waals surface area contributed by atoms with Gasteiger partial charge in [0.15, 0.2) is 5.13 Å². The molecule has 2 aliphatic rings. The maximum absolute atomic E-state index is 14.3. The van der Waals surface area contributed by atoms with Gasteiger partial charge in [0, 0.05) is 39.3 Å². The van der Waals surface area contributed by atoms with Gasteiger partial charge in [-0.1, -0.05) is 53.7 Å².